The SMILES string of the molecule is C=C(Cl)/C=C(\C)C(C)(C)C(=C)CNC(=S)Nc1ccc(F)cc1. The minimum Gasteiger partial charge on any atom is -0.359 e. The van der Waals surface area contributed by atoms with Crippen molar-refractivity contribution in [3.63, 3.8) is 0 Å². The highest BCUT2D eigenvalue weighted by Crippen LogP contribution is 2.34. The molecule has 2 nitrogen and oxygen atoms in total. The first-order valence-electron chi connectivity index (χ1n) is 7.15. The first kappa shape index (κ1) is 19.4. The van der Waals surface area contributed by atoms with Crippen molar-refractivity contribution in [3.05, 3.63) is 65.5 Å². The van der Waals surface area contributed by atoms with Crippen LogP contribution in [0.2, 0.25) is 0 Å². The van der Waals surface area contributed by atoms with Gasteiger partial charge >= 0.3 is 0 Å². The van der Waals surface area contributed by atoms with Crippen molar-refractivity contribution in [1.29, 1.82) is 0 Å². The van der Waals surface area contributed by atoms with E-state index in [9.17, 15) is 4.39 Å². The van der Waals surface area contributed by atoms with E-state index in [0.717, 1.165) is 16.8 Å². The Morgan fingerprint density at radius 2 is 1.87 bits per heavy atom. The molecule has 0 aliphatic rings. The molecule has 0 saturated carbocycles. The first-order chi connectivity index (χ1) is 10.6. The van der Waals surface area contributed by atoms with Crippen LogP contribution in [-0.4, -0.2) is 11.7 Å². The summed E-state index contributed by atoms with van der Waals surface area (Å²) in [5.41, 5.74) is 2.52. The molecule has 0 atom stereocenters. The summed E-state index contributed by atoms with van der Waals surface area (Å²) in [6.45, 7) is 14.5. The molecule has 2 N–H and O–H groups in total. The van der Waals surface area contributed by atoms with Gasteiger partial charge in [0.05, 0.1) is 0 Å². The number of halogens is 2. The normalized spacial score (nSPS) is 11.8. The fraction of sp³-hybridized carbons (Fsp3) is 0.278. The number of thiocarbonyl (C=S) groups is 1. The number of hydrogen-bond donors (Lipinski definition) is 2. The zero-order chi connectivity index (χ0) is 17.6. The van der Waals surface area contributed by atoms with Crippen LogP contribution in [0.5, 0.6) is 0 Å². The van der Waals surface area contributed by atoms with E-state index in [2.05, 4.69) is 37.6 Å². The van der Waals surface area contributed by atoms with E-state index in [1.54, 1.807) is 12.1 Å². The highest BCUT2D eigenvalue weighted by Gasteiger charge is 2.23. The van der Waals surface area contributed by atoms with E-state index in [-0.39, 0.29) is 11.2 Å². The lowest BCUT2D eigenvalue weighted by molar-refractivity contribution is 0.525. The van der Waals surface area contributed by atoms with Crippen LogP contribution in [0, 0.1) is 11.2 Å². The number of allylic oxidation sites excluding steroid dienone is 3. The van der Waals surface area contributed by atoms with Crippen molar-refractivity contribution < 1.29 is 4.39 Å². The van der Waals surface area contributed by atoms with Crippen LogP contribution in [0.4, 0.5) is 10.1 Å². The van der Waals surface area contributed by atoms with Gasteiger partial charge in [-0.15, -0.1) is 0 Å². The first-order valence-corrected chi connectivity index (χ1v) is 7.93. The number of anilines is 1. The fourth-order valence-corrected chi connectivity index (χ4v) is 2.16. The number of rotatable bonds is 6. The zero-order valence-electron chi connectivity index (χ0n) is 13.7. The van der Waals surface area contributed by atoms with Gasteiger partial charge in [-0.2, -0.15) is 0 Å². The lowest BCUT2D eigenvalue weighted by atomic mass is 9.78. The molecule has 0 aliphatic carbocycles. The van der Waals surface area contributed by atoms with Gasteiger partial charge in [-0.1, -0.05) is 44.2 Å². The summed E-state index contributed by atoms with van der Waals surface area (Å²) in [6, 6.07) is 6.00. The maximum atomic E-state index is 12.9. The van der Waals surface area contributed by atoms with E-state index in [1.165, 1.54) is 12.1 Å². The number of benzene rings is 1. The molecular formula is C18H22ClFN2S. The summed E-state index contributed by atoms with van der Waals surface area (Å²) in [5, 5.41) is 7.05. The van der Waals surface area contributed by atoms with Gasteiger partial charge in [0.2, 0.25) is 0 Å². The van der Waals surface area contributed by atoms with Gasteiger partial charge in [-0.3, -0.25) is 0 Å². The summed E-state index contributed by atoms with van der Waals surface area (Å²) in [5.74, 6) is -0.285. The minimum absolute atomic E-state index is 0.240. The van der Waals surface area contributed by atoms with Crippen molar-refractivity contribution in [2.75, 3.05) is 11.9 Å². The highest BCUT2D eigenvalue weighted by molar-refractivity contribution is 7.80. The Morgan fingerprint density at radius 1 is 1.30 bits per heavy atom. The molecule has 0 heterocycles. The predicted molar refractivity (Wildman–Crippen MR) is 102 cm³/mol. The Morgan fingerprint density at radius 3 is 2.39 bits per heavy atom. The molecule has 0 saturated heterocycles. The van der Waals surface area contributed by atoms with Gasteiger partial charge in [0.25, 0.3) is 0 Å². The second-order valence-corrected chi connectivity index (χ2v) is 6.71. The van der Waals surface area contributed by atoms with Crippen LogP contribution in [0.3, 0.4) is 0 Å². The van der Waals surface area contributed by atoms with Gasteiger partial charge in [-0.05, 0) is 55.1 Å². The average Bonchev–Trinajstić information content (AvgIpc) is 2.46. The molecule has 0 bridgehead atoms. The van der Waals surface area contributed by atoms with Crippen molar-refractivity contribution in [3.8, 4) is 0 Å². The van der Waals surface area contributed by atoms with Crippen molar-refractivity contribution in [1.82, 2.24) is 5.32 Å². The Labute approximate surface area is 148 Å². The van der Waals surface area contributed by atoms with E-state index < -0.39 is 0 Å². The molecule has 124 valence electrons. The molecule has 5 heteroatoms. The summed E-state index contributed by atoms with van der Waals surface area (Å²) < 4.78 is 12.9. The van der Waals surface area contributed by atoms with Crippen LogP contribution < -0.4 is 10.6 Å². The Balaban J connectivity index is 2.59. The van der Waals surface area contributed by atoms with E-state index in [0.29, 0.717) is 16.7 Å². The summed E-state index contributed by atoms with van der Waals surface area (Å²) in [6.07, 6.45) is 1.84. The smallest absolute Gasteiger partial charge is 0.171 e. The van der Waals surface area contributed by atoms with E-state index in [4.69, 9.17) is 23.8 Å². The van der Waals surface area contributed by atoms with Gasteiger partial charge in [0.15, 0.2) is 5.11 Å². The molecule has 23 heavy (non-hydrogen) atoms. The lowest BCUT2D eigenvalue weighted by Crippen LogP contribution is -2.33. The zero-order valence-corrected chi connectivity index (χ0v) is 15.2. The highest BCUT2D eigenvalue weighted by atomic mass is 35.5. The number of nitrogens with one attached hydrogen (secondary N) is 2. The Bertz CT molecular complexity index is 633. The van der Waals surface area contributed by atoms with Gasteiger partial charge in [0.1, 0.15) is 5.82 Å². The van der Waals surface area contributed by atoms with Crippen molar-refractivity contribution >= 4 is 34.6 Å². The third kappa shape index (κ3) is 6.16. The standard InChI is InChI=1S/C18H22ClFN2S/c1-12(10-14(3)19)18(4,5)13(2)11-21-17(23)22-16-8-6-15(20)7-9-16/h6-10H,2-3,11H2,1,4-5H3,(H2,21,22,23)/b12-10+. The molecule has 1 aromatic carbocycles. The molecule has 1 aromatic rings. The largest absolute Gasteiger partial charge is 0.359 e. The van der Waals surface area contributed by atoms with E-state index in [1.807, 2.05) is 13.0 Å². The number of hydrogen-bond acceptors (Lipinski definition) is 1. The third-order valence-corrected chi connectivity index (χ3v) is 4.16. The minimum atomic E-state index is -0.285. The molecule has 0 radical (unpaired) electrons. The summed E-state index contributed by atoms with van der Waals surface area (Å²) in [4.78, 5) is 0. The van der Waals surface area contributed by atoms with Crippen LogP contribution in [0.25, 0.3) is 0 Å². The molecule has 0 aromatic heterocycles. The monoisotopic (exact) mass is 352 g/mol. The van der Waals surface area contributed by atoms with Crippen molar-refractivity contribution in [2.24, 2.45) is 5.41 Å². The predicted octanol–water partition coefficient (Wildman–Crippen LogP) is 5.39. The average molecular weight is 353 g/mol. The quantitative estimate of drug-likeness (QED) is 0.407. The maximum Gasteiger partial charge on any atom is 0.171 e. The lowest BCUT2D eigenvalue weighted by Gasteiger charge is -2.29. The van der Waals surface area contributed by atoms with E-state index >= 15 is 0 Å². The molecule has 0 aliphatic heterocycles. The Kier molecular flexibility index (Phi) is 6.98. The second-order valence-electron chi connectivity index (χ2n) is 5.82. The van der Waals surface area contributed by atoms with Gasteiger partial charge in [0, 0.05) is 22.7 Å². The molecule has 1 rings (SSSR count). The molecule has 0 unspecified atom stereocenters. The van der Waals surface area contributed by atoms with Crippen LogP contribution in [0.1, 0.15) is 20.8 Å². The summed E-state index contributed by atoms with van der Waals surface area (Å²) in [7, 11) is 0. The molecule has 0 spiro atoms. The van der Waals surface area contributed by atoms with Crippen LogP contribution in [-0.2, 0) is 0 Å². The summed E-state index contributed by atoms with van der Waals surface area (Å²) >= 11 is 11.1. The fourth-order valence-electron chi connectivity index (χ4n) is 1.81. The Hall–Kier alpha value is -1.65. The van der Waals surface area contributed by atoms with Gasteiger partial charge in [-0.25, -0.2) is 4.39 Å². The molecular weight excluding hydrogens is 331 g/mol. The topological polar surface area (TPSA) is 24.1 Å². The van der Waals surface area contributed by atoms with Crippen LogP contribution >= 0.6 is 23.8 Å². The molecule has 0 fully saturated rings. The second kappa shape index (κ2) is 8.27. The maximum absolute atomic E-state index is 12.9. The van der Waals surface area contributed by atoms with Crippen molar-refractivity contribution in [2.45, 2.75) is 20.8 Å². The molecule has 0 amide bonds. The van der Waals surface area contributed by atoms with Gasteiger partial charge < -0.3 is 10.6 Å². The third-order valence-electron chi connectivity index (χ3n) is 3.81. The van der Waals surface area contributed by atoms with Crippen LogP contribution in [0.15, 0.2) is 59.7 Å².